The molecule has 7 nitrogen and oxygen atoms in total. The Balaban J connectivity index is 1.74. The first-order valence-electron chi connectivity index (χ1n) is 8.81. The number of amides is 2. The van der Waals surface area contributed by atoms with Crippen LogP contribution < -0.4 is 15.5 Å². The van der Waals surface area contributed by atoms with Gasteiger partial charge in [-0.15, -0.1) is 0 Å². The Morgan fingerprint density at radius 2 is 2.00 bits per heavy atom. The Bertz CT molecular complexity index is 841. The van der Waals surface area contributed by atoms with Gasteiger partial charge in [-0.2, -0.15) is 5.10 Å². The molecule has 148 valence electrons. The third kappa shape index (κ3) is 6.70. The Labute approximate surface area is 171 Å². The molecule has 0 atom stereocenters. The number of phenols is 1. The highest BCUT2D eigenvalue weighted by molar-refractivity contribution is 9.10. The molecule has 0 bridgehead atoms. The number of hydrogen-bond donors (Lipinski definition) is 3. The number of hydrogen-bond acceptors (Lipinski definition) is 5. The maximum Gasteiger partial charge on any atom is 0.251 e. The molecule has 2 aromatic carbocycles. The van der Waals surface area contributed by atoms with Crippen molar-refractivity contribution in [3.05, 3.63) is 58.1 Å². The molecule has 0 radical (unpaired) electrons. The molecule has 0 unspecified atom stereocenters. The molecule has 2 aromatic rings. The van der Waals surface area contributed by atoms with Crippen LogP contribution in [0.1, 0.15) is 35.7 Å². The van der Waals surface area contributed by atoms with Gasteiger partial charge in [-0.05, 0) is 59.1 Å². The van der Waals surface area contributed by atoms with E-state index in [9.17, 15) is 14.7 Å². The second-order valence-corrected chi connectivity index (χ2v) is 6.66. The van der Waals surface area contributed by atoms with Gasteiger partial charge >= 0.3 is 0 Å². The van der Waals surface area contributed by atoms with E-state index in [4.69, 9.17) is 4.74 Å². The summed E-state index contributed by atoms with van der Waals surface area (Å²) in [5, 5.41) is 16.6. The molecule has 0 aliphatic heterocycles. The standard InChI is InChI=1S/C20H22BrN3O4/c1-2-28-17-12-14(11-16(21)19(17)26)13-23-24-18(25)9-6-10-22-20(27)15-7-4-3-5-8-15/h3-5,7-8,11-13,26H,2,6,9-10H2,1H3,(H,22,27)(H,24,25). The number of hydrazone groups is 1. The van der Waals surface area contributed by atoms with Crippen molar-refractivity contribution >= 4 is 34.0 Å². The van der Waals surface area contributed by atoms with Gasteiger partial charge in [0.1, 0.15) is 0 Å². The number of benzene rings is 2. The minimum atomic E-state index is -0.256. The Morgan fingerprint density at radius 1 is 1.25 bits per heavy atom. The molecular formula is C20H22BrN3O4. The average molecular weight is 448 g/mol. The van der Waals surface area contributed by atoms with Gasteiger partial charge in [0.25, 0.3) is 5.91 Å². The van der Waals surface area contributed by atoms with Crippen molar-refractivity contribution in [2.75, 3.05) is 13.2 Å². The monoisotopic (exact) mass is 447 g/mol. The van der Waals surface area contributed by atoms with Crippen LogP contribution >= 0.6 is 15.9 Å². The maximum atomic E-state index is 11.9. The number of nitrogens with one attached hydrogen (secondary N) is 2. The number of aromatic hydroxyl groups is 1. The van der Waals surface area contributed by atoms with Crippen molar-refractivity contribution < 1.29 is 19.4 Å². The predicted octanol–water partition coefficient (Wildman–Crippen LogP) is 3.21. The summed E-state index contributed by atoms with van der Waals surface area (Å²) in [5.74, 6) is -0.0745. The molecule has 0 saturated heterocycles. The molecule has 0 aliphatic carbocycles. The van der Waals surface area contributed by atoms with E-state index >= 15 is 0 Å². The Hall–Kier alpha value is -2.87. The van der Waals surface area contributed by atoms with Gasteiger partial charge in [-0.3, -0.25) is 9.59 Å². The number of carbonyl (C=O) groups is 2. The lowest BCUT2D eigenvalue weighted by Gasteiger charge is -2.08. The van der Waals surface area contributed by atoms with E-state index in [2.05, 4.69) is 31.8 Å². The molecule has 0 fully saturated rings. The zero-order valence-corrected chi connectivity index (χ0v) is 17.0. The van der Waals surface area contributed by atoms with Crippen molar-refractivity contribution in [2.45, 2.75) is 19.8 Å². The fourth-order valence-corrected chi connectivity index (χ4v) is 2.77. The fourth-order valence-electron chi connectivity index (χ4n) is 2.31. The van der Waals surface area contributed by atoms with Gasteiger partial charge in [0.15, 0.2) is 11.5 Å². The van der Waals surface area contributed by atoms with Gasteiger partial charge in [0, 0.05) is 18.5 Å². The van der Waals surface area contributed by atoms with E-state index in [-0.39, 0.29) is 24.0 Å². The minimum Gasteiger partial charge on any atom is -0.503 e. The first-order valence-corrected chi connectivity index (χ1v) is 9.61. The van der Waals surface area contributed by atoms with Crippen LogP contribution in [0.2, 0.25) is 0 Å². The summed E-state index contributed by atoms with van der Waals surface area (Å²) in [6.07, 6.45) is 2.19. The summed E-state index contributed by atoms with van der Waals surface area (Å²) in [4.78, 5) is 23.7. The lowest BCUT2D eigenvalue weighted by molar-refractivity contribution is -0.121. The van der Waals surface area contributed by atoms with Crippen LogP contribution in [0.25, 0.3) is 0 Å². The summed E-state index contributed by atoms with van der Waals surface area (Å²) in [7, 11) is 0. The summed E-state index contributed by atoms with van der Waals surface area (Å²) >= 11 is 3.24. The number of ether oxygens (including phenoxy) is 1. The van der Waals surface area contributed by atoms with E-state index in [0.29, 0.717) is 40.9 Å². The highest BCUT2D eigenvalue weighted by Crippen LogP contribution is 2.34. The van der Waals surface area contributed by atoms with Crippen LogP contribution in [0.4, 0.5) is 0 Å². The second kappa shape index (κ2) is 11.1. The highest BCUT2D eigenvalue weighted by Gasteiger charge is 2.08. The highest BCUT2D eigenvalue weighted by atomic mass is 79.9. The number of halogens is 1. The summed E-state index contributed by atoms with van der Waals surface area (Å²) in [5.41, 5.74) is 3.68. The molecule has 0 aromatic heterocycles. The van der Waals surface area contributed by atoms with Crippen molar-refractivity contribution in [3.63, 3.8) is 0 Å². The molecule has 2 rings (SSSR count). The van der Waals surface area contributed by atoms with Crippen molar-refractivity contribution in [2.24, 2.45) is 5.10 Å². The first kappa shape index (κ1) is 21.4. The first-order chi connectivity index (χ1) is 13.5. The largest absolute Gasteiger partial charge is 0.503 e. The van der Waals surface area contributed by atoms with Crippen LogP contribution in [0.5, 0.6) is 11.5 Å². The lowest BCUT2D eigenvalue weighted by Crippen LogP contribution is -2.26. The SMILES string of the molecule is CCOc1cc(C=NNC(=O)CCCNC(=O)c2ccccc2)cc(Br)c1O. The van der Waals surface area contributed by atoms with Crippen molar-refractivity contribution in [1.82, 2.24) is 10.7 Å². The zero-order chi connectivity index (χ0) is 20.4. The number of carbonyl (C=O) groups excluding carboxylic acids is 2. The molecule has 0 saturated carbocycles. The Kier molecular flexibility index (Phi) is 8.48. The topological polar surface area (TPSA) is 100 Å². The van der Waals surface area contributed by atoms with Gasteiger partial charge in [0.2, 0.25) is 5.91 Å². The summed E-state index contributed by atoms with van der Waals surface area (Å²) < 4.78 is 5.81. The molecular weight excluding hydrogens is 426 g/mol. The van der Waals surface area contributed by atoms with Crippen LogP contribution in [-0.4, -0.2) is 36.3 Å². The number of phenolic OH excluding ortho intramolecular Hbond substituents is 1. The van der Waals surface area contributed by atoms with E-state index in [0.717, 1.165) is 0 Å². The summed E-state index contributed by atoms with van der Waals surface area (Å²) in [6.45, 7) is 2.63. The molecule has 0 aliphatic rings. The van der Waals surface area contributed by atoms with Crippen LogP contribution in [0.15, 0.2) is 52.0 Å². The van der Waals surface area contributed by atoms with Crippen LogP contribution in [-0.2, 0) is 4.79 Å². The minimum absolute atomic E-state index is 0.0144. The van der Waals surface area contributed by atoms with E-state index in [1.807, 2.05) is 13.0 Å². The molecule has 28 heavy (non-hydrogen) atoms. The number of rotatable bonds is 9. The Morgan fingerprint density at radius 3 is 2.71 bits per heavy atom. The third-order valence-corrected chi connectivity index (χ3v) is 4.26. The molecule has 3 N–H and O–H groups in total. The van der Waals surface area contributed by atoms with Crippen molar-refractivity contribution in [1.29, 1.82) is 0 Å². The van der Waals surface area contributed by atoms with Gasteiger partial charge < -0.3 is 15.2 Å². The number of nitrogens with zero attached hydrogens (tertiary/aromatic N) is 1. The summed E-state index contributed by atoms with van der Waals surface area (Å²) in [6, 6.07) is 12.2. The normalized spacial score (nSPS) is 10.6. The average Bonchev–Trinajstić information content (AvgIpc) is 2.69. The zero-order valence-electron chi connectivity index (χ0n) is 15.4. The smallest absolute Gasteiger partial charge is 0.251 e. The van der Waals surface area contributed by atoms with Crippen LogP contribution in [0.3, 0.4) is 0 Å². The molecule has 0 spiro atoms. The van der Waals surface area contributed by atoms with Crippen LogP contribution in [0, 0.1) is 0 Å². The third-order valence-electron chi connectivity index (χ3n) is 3.66. The lowest BCUT2D eigenvalue weighted by atomic mass is 10.2. The van der Waals surface area contributed by atoms with E-state index in [1.165, 1.54) is 6.21 Å². The van der Waals surface area contributed by atoms with Crippen molar-refractivity contribution in [3.8, 4) is 11.5 Å². The maximum absolute atomic E-state index is 11.9. The quantitative estimate of drug-likeness (QED) is 0.312. The van der Waals surface area contributed by atoms with Gasteiger partial charge in [0.05, 0.1) is 17.3 Å². The second-order valence-electron chi connectivity index (χ2n) is 5.80. The van der Waals surface area contributed by atoms with Gasteiger partial charge in [-0.25, -0.2) is 5.43 Å². The molecule has 2 amide bonds. The van der Waals surface area contributed by atoms with Gasteiger partial charge in [-0.1, -0.05) is 18.2 Å². The molecule has 0 heterocycles. The van der Waals surface area contributed by atoms with E-state index in [1.54, 1.807) is 36.4 Å². The van der Waals surface area contributed by atoms with E-state index < -0.39 is 0 Å². The predicted molar refractivity (Wildman–Crippen MR) is 111 cm³/mol. The fraction of sp³-hybridized carbons (Fsp3) is 0.250. The molecule has 8 heteroatoms.